The summed E-state index contributed by atoms with van der Waals surface area (Å²) in [6, 6.07) is 19.0. The second-order valence-electron chi connectivity index (χ2n) is 6.86. The minimum atomic E-state index is -0.122. The molecule has 0 aliphatic heterocycles. The summed E-state index contributed by atoms with van der Waals surface area (Å²) in [5.41, 5.74) is 3.40. The summed E-state index contributed by atoms with van der Waals surface area (Å²) in [6.07, 6.45) is 2.36. The van der Waals surface area contributed by atoms with Gasteiger partial charge in [-0.1, -0.05) is 36.4 Å². The van der Waals surface area contributed by atoms with Gasteiger partial charge in [0.1, 0.15) is 5.75 Å². The monoisotopic (exact) mass is 399 g/mol. The first kappa shape index (κ1) is 17.6. The molecule has 5 rings (SSSR count). The quantitative estimate of drug-likeness (QED) is 0.479. The van der Waals surface area contributed by atoms with Crippen LogP contribution in [0.25, 0.3) is 32.1 Å². The second-order valence-corrected chi connectivity index (χ2v) is 7.77. The van der Waals surface area contributed by atoms with E-state index >= 15 is 0 Å². The van der Waals surface area contributed by atoms with Gasteiger partial charge in [-0.25, -0.2) is 4.68 Å². The minimum Gasteiger partial charge on any atom is -0.508 e. The van der Waals surface area contributed by atoms with Gasteiger partial charge in [0.25, 0.3) is 5.56 Å². The molecule has 0 aliphatic carbocycles. The Morgan fingerprint density at radius 2 is 1.93 bits per heavy atom. The number of aryl methyl sites for hydroxylation is 2. The van der Waals surface area contributed by atoms with Crippen LogP contribution >= 0.6 is 11.3 Å². The lowest BCUT2D eigenvalue weighted by molar-refractivity contribution is 0.475. The maximum atomic E-state index is 13.1. The SMILES string of the molecule is O=c1c2c(-c3cccc(O)c3)csc2cnn1CCc1ccc2ccccc2n1. The second kappa shape index (κ2) is 7.14. The van der Waals surface area contributed by atoms with Crippen molar-refractivity contribution in [2.45, 2.75) is 13.0 Å². The van der Waals surface area contributed by atoms with Gasteiger partial charge in [-0.05, 0) is 29.8 Å². The molecule has 2 aromatic carbocycles. The fourth-order valence-electron chi connectivity index (χ4n) is 3.51. The van der Waals surface area contributed by atoms with Crippen LogP contribution in [0, 0.1) is 0 Å². The van der Waals surface area contributed by atoms with Crippen LogP contribution in [-0.4, -0.2) is 19.9 Å². The Hall–Kier alpha value is -3.51. The molecule has 6 heteroatoms. The van der Waals surface area contributed by atoms with Gasteiger partial charge in [0.15, 0.2) is 0 Å². The number of fused-ring (bicyclic) bond motifs is 2. The van der Waals surface area contributed by atoms with Gasteiger partial charge < -0.3 is 5.11 Å². The third-order valence-corrected chi connectivity index (χ3v) is 5.89. The van der Waals surface area contributed by atoms with Gasteiger partial charge in [0, 0.05) is 28.4 Å². The van der Waals surface area contributed by atoms with Crippen LogP contribution in [0.5, 0.6) is 5.75 Å². The van der Waals surface area contributed by atoms with Crippen molar-refractivity contribution in [1.82, 2.24) is 14.8 Å². The molecule has 0 bridgehead atoms. The Morgan fingerprint density at radius 3 is 2.83 bits per heavy atom. The first-order valence-electron chi connectivity index (χ1n) is 9.30. The molecule has 0 aliphatic rings. The van der Waals surface area contributed by atoms with E-state index in [-0.39, 0.29) is 11.3 Å². The molecule has 3 aromatic heterocycles. The highest BCUT2D eigenvalue weighted by molar-refractivity contribution is 7.17. The van der Waals surface area contributed by atoms with Crippen molar-refractivity contribution in [1.29, 1.82) is 0 Å². The van der Waals surface area contributed by atoms with E-state index in [2.05, 4.69) is 16.1 Å². The van der Waals surface area contributed by atoms with Gasteiger partial charge in [-0.2, -0.15) is 5.10 Å². The van der Waals surface area contributed by atoms with Crippen LogP contribution in [0.15, 0.2) is 77.0 Å². The minimum absolute atomic E-state index is 0.122. The predicted molar refractivity (Wildman–Crippen MR) is 116 cm³/mol. The summed E-state index contributed by atoms with van der Waals surface area (Å²) in [6.45, 7) is 0.454. The molecular formula is C23H17N3O2S. The molecule has 1 N–H and O–H groups in total. The summed E-state index contributed by atoms with van der Waals surface area (Å²) >= 11 is 1.48. The van der Waals surface area contributed by atoms with Crippen molar-refractivity contribution in [3.8, 4) is 16.9 Å². The molecular weight excluding hydrogens is 382 g/mol. The number of aromatic hydroxyl groups is 1. The highest BCUT2D eigenvalue weighted by Gasteiger charge is 2.13. The molecule has 5 aromatic rings. The smallest absolute Gasteiger partial charge is 0.276 e. The van der Waals surface area contributed by atoms with Crippen molar-refractivity contribution in [3.63, 3.8) is 0 Å². The van der Waals surface area contributed by atoms with E-state index in [1.165, 1.54) is 16.0 Å². The van der Waals surface area contributed by atoms with E-state index in [0.29, 0.717) is 18.4 Å². The number of hydrogen-bond acceptors (Lipinski definition) is 5. The number of hydrogen-bond donors (Lipinski definition) is 1. The average Bonchev–Trinajstić information content (AvgIpc) is 3.18. The summed E-state index contributed by atoms with van der Waals surface area (Å²) in [4.78, 5) is 17.8. The van der Waals surface area contributed by atoms with E-state index < -0.39 is 0 Å². The zero-order valence-corrected chi connectivity index (χ0v) is 16.3. The lowest BCUT2D eigenvalue weighted by Crippen LogP contribution is -2.23. The number of phenols is 1. The van der Waals surface area contributed by atoms with Crippen LogP contribution in [0.2, 0.25) is 0 Å². The van der Waals surface area contributed by atoms with E-state index in [1.807, 2.05) is 41.8 Å². The van der Waals surface area contributed by atoms with Crippen molar-refractivity contribution in [2.75, 3.05) is 0 Å². The molecule has 0 fully saturated rings. The molecule has 0 unspecified atom stereocenters. The first-order valence-corrected chi connectivity index (χ1v) is 10.2. The van der Waals surface area contributed by atoms with Crippen LogP contribution < -0.4 is 5.56 Å². The summed E-state index contributed by atoms with van der Waals surface area (Å²) in [7, 11) is 0. The van der Waals surface area contributed by atoms with Gasteiger partial charge >= 0.3 is 0 Å². The largest absolute Gasteiger partial charge is 0.508 e. The lowest BCUT2D eigenvalue weighted by Gasteiger charge is -2.07. The van der Waals surface area contributed by atoms with Crippen LogP contribution in [0.1, 0.15) is 5.69 Å². The number of benzene rings is 2. The van der Waals surface area contributed by atoms with Crippen molar-refractivity contribution < 1.29 is 5.11 Å². The predicted octanol–water partition coefficient (Wildman–Crippen LogP) is 4.62. The van der Waals surface area contributed by atoms with Gasteiger partial charge in [-0.3, -0.25) is 9.78 Å². The number of para-hydroxylation sites is 1. The Kier molecular flexibility index (Phi) is 4.33. The van der Waals surface area contributed by atoms with E-state index in [4.69, 9.17) is 0 Å². The number of pyridine rings is 1. The zero-order chi connectivity index (χ0) is 19.8. The molecule has 5 nitrogen and oxygen atoms in total. The first-order chi connectivity index (χ1) is 14.2. The summed E-state index contributed by atoms with van der Waals surface area (Å²) in [5, 5.41) is 17.8. The third-order valence-electron chi connectivity index (χ3n) is 4.98. The fraction of sp³-hybridized carbons (Fsp3) is 0.0870. The molecule has 0 saturated carbocycles. The molecule has 0 spiro atoms. The van der Waals surface area contributed by atoms with E-state index in [1.54, 1.807) is 24.4 Å². The molecule has 0 radical (unpaired) electrons. The standard InChI is InChI=1S/C23H17N3O2S/c27-18-6-3-5-16(12-18)19-14-29-21-13-24-26(23(28)22(19)21)11-10-17-9-8-15-4-1-2-7-20(15)25-17/h1-9,12-14,27H,10-11H2. The Morgan fingerprint density at radius 1 is 1.03 bits per heavy atom. The Bertz CT molecular complexity index is 1400. The molecule has 3 heterocycles. The third kappa shape index (κ3) is 3.28. The van der Waals surface area contributed by atoms with Gasteiger partial charge in [-0.15, -0.1) is 11.3 Å². The maximum Gasteiger partial charge on any atom is 0.276 e. The van der Waals surface area contributed by atoms with Crippen LogP contribution in [0.3, 0.4) is 0 Å². The molecule has 142 valence electrons. The molecule has 0 atom stereocenters. The fourth-order valence-corrected chi connectivity index (χ4v) is 4.43. The highest BCUT2D eigenvalue weighted by Crippen LogP contribution is 2.32. The summed E-state index contributed by atoms with van der Waals surface area (Å²) < 4.78 is 2.34. The number of thiophene rings is 1. The lowest BCUT2D eigenvalue weighted by atomic mass is 10.1. The summed E-state index contributed by atoms with van der Waals surface area (Å²) in [5.74, 6) is 0.179. The van der Waals surface area contributed by atoms with Crippen molar-refractivity contribution in [3.05, 3.63) is 88.3 Å². The number of phenolic OH excluding ortho intramolecular Hbond substituents is 1. The Balaban J connectivity index is 1.49. The number of nitrogens with zero attached hydrogens (tertiary/aromatic N) is 3. The average molecular weight is 399 g/mol. The molecule has 0 saturated heterocycles. The van der Waals surface area contributed by atoms with Crippen molar-refractivity contribution >= 4 is 32.3 Å². The molecule has 0 amide bonds. The highest BCUT2D eigenvalue weighted by atomic mass is 32.1. The van der Waals surface area contributed by atoms with E-state index in [0.717, 1.165) is 32.4 Å². The van der Waals surface area contributed by atoms with Gasteiger partial charge in [0.2, 0.25) is 0 Å². The van der Waals surface area contributed by atoms with Crippen LogP contribution in [-0.2, 0) is 13.0 Å². The number of aromatic nitrogens is 3. The zero-order valence-electron chi connectivity index (χ0n) is 15.4. The molecule has 29 heavy (non-hydrogen) atoms. The van der Waals surface area contributed by atoms with Crippen LogP contribution in [0.4, 0.5) is 0 Å². The maximum absolute atomic E-state index is 13.1. The topological polar surface area (TPSA) is 68.0 Å². The van der Waals surface area contributed by atoms with Crippen molar-refractivity contribution in [2.24, 2.45) is 0 Å². The van der Waals surface area contributed by atoms with Gasteiger partial charge in [0.05, 0.1) is 28.3 Å². The van der Waals surface area contributed by atoms with E-state index in [9.17, 15) is 9.90 Å². The normalized spacial score (nSPS) is 11.3. The Labute approximate surface area is 170 Å². The number of rotatable bonds is 4.